The third-order valence-corrected chi connectivity index (χ3v) is 7.66. The summed E-state index contributed by atoms with van der Waals surface area (Å²) >= 11 is 2.13. The number of unbranched alkanes of at least 4 members (excludes halogenated alkanes) is 3. The van der Waals surface area contributed by atoms with Gasteiger partial charge >= 0.3 is 0 Å². The zero-order valence-electron chi connectivity index (χ0n) is 18.1. The van der Waals surface area contributed by atoms with Crippen LogP contribution in [0.3, 0.4) is 0 Å². The number of carbonyl (C=O) groups is 1. The number of rotatable bonds is 14. The third kappa shape index (κ3) is 7.07. The maximum atomic E-state index is 11.6. The van der Waals surface area contributed by atoms with Crippen LogP contribution in [0.15, 0.2) is 12.2 Å². The summed E-state index contributed by atoms with van der Waals surface area (Å²) in [6, 6.07) is 0. The number of fused-ring (bicyclic) bond motifs is 2. The Hall–Kier alpha value is -0.520. The zero-order chi connectivity index (χ0) is 20.4. The Morgan fingerprint density at radius 2 is 1.89 bits per heavy atom. The third-order valence-electron chi connectivity index (χ3n) is 6.56. The van der Waals surface area contributed by atoms with Crippen LogP contribution in [0, 0.1) is 17.3 Å². The fourth-order valence-corrected chi connectivity index (χ4v) is 5.68. The zero-order valence-corrected chi connectivity index (χ0v) is 18.9. The van der Waals surface area contributed by atoms with E-state index in [0.717, 1.165) is 25.2 Å². The first-order valence-electron chi connectivity index (χ1n) is 11.3. The lowest BCUT2D eigenvalue weighted by Gasteiger charge is -2.27. The number of allylic oxidation sites excluding steroid dienone is 2. The SMILES string of the molecule is CCCCCCSCC[C@@H]1[C@H](CC=CCCC(C)(C)C(=O)NO)[C@@H]2CC[C@H]1O2. The lowest BCUT2D eigenvalue weighted by atomic mass is 9.76. The average molecular weight is 412 g/mol. The Kier molecular flexibility index (Phi) is 10.4. The first-order valence-corrected chi connectivity index (χ1v) is 12.5. The molecular formula is C23H41NO3S. The van der Waals surface area contributed by atoms with Crippen molar-refractivity contribution in [2.45, 2.75) is 97.2 Å². The van der Waals surface area contributed by atoms with Crippen molar-refractivity contribution in [2.75, 3.05) is 11.5 Å². The monoisotopic (exact) mass is 411 g/mol. The number of hydrogen-bond acceptors (Lipinski definition) is 4. The van der Waals surface area contributed by atoms with Crippen LogP contribution in [-0.4, -0.2) is 34.8 Å². The van der Waals surface area contributed by atoms with Gasteiger partial charge in [-0.15, -0.1) is 0 Å². The van der Waals surface area contributed by atoms with E-state index < -0.39 is 5.41 Å². The van der Waals surface area contributed by atoms with E-state index in [4.69, 9.17) is 9.94 Å². The van der Waals surface area contributed by atoms with Gasteiger partial charge in [-0.3, -0.25) is 10.0 Å². The average Bonchev–Trinajstić information content (AvgIpc) is 3.28. The van der Waals surface area contributed by atoms with Gasteiger partial charge in [0.15, 0.2) is 0 Å². The molecule has 0 unspecified atom stereocenters. The van der Waals surface area contributed by atoms with E-state index in [1.807, 2.05) is 13.8 Å². The van der Waals surface area contributed by atoms with Crippen molar-refractivity contribution in [3.05, 3.63) is 12.2 Å². The van der Waals surface area contributed by atoms with Gasteiger partial charge in [0.2, 0.25) is 5.91 Å². The van der Waals surface area contributed by atoms with E-state index in [9.17, 15) is 4.79 Å². The molecule has 0 aromatic rings. The Balaban J connectivity index is 1.68. The summed E-state index contributed by atoms with van der Waals surface area (Å²) in [5.41, 5.74) is 1.24. The molecule has 0 aliphatic carbocycles. The summed E-state index contributed by atoms with van der Waals surface area (Å²) in [6.45, 7) is 6.00. The number of hydroxylamine groups is 1. The lowest BCUT2D eigenvalue weighted by Crippen LogP contribution is -2.34. The molecule has 0 aromatic carbocycles. The van der Waals surface area contributed by atoms with Gasteiger partial charge in [-0.05, 0) is 68.3 Å². The molecule has 1 amide bonds. The first-order chi connectivity index (χ1) is 13.5. The van der Waals surface area contributed by atoms with Gasteiger partial charge in [-0.1, -0.05) is 52.2 Å². The van der Waals surface area contributed by atoms with E-state index in [1.165, 1.54) is 56.5 Å². The van der Waals surface area contributed by atoms with Crippen LogP contribution >= 0.6 is 11.8 Å². The topological polar surface area (TPSA) is 58.6 Å². The maximum absolute atomic E-state index is 11.6. The highest BCUT2D eigenvalue weighted by Gasteiger charge is 2.47. The van der Waals surface area contributed by atoms with Crippen molar-refractivity contribution >= 4 is 17.7 Å². The molecule has 0 radical (unpaired) electrons. The quantitative estimate of drug-likeness (QED) is 0.166. The molecule has 162 valence electrons. The van der Waals surface area contributed by atoms with Crippen molar-refractivity contribution < 1.29 is 14.7 Å². The van der Waals surface area contributed by atoms with Crippen LogP contribution in [0.4, 0.5) is 0 Å². The van der Waals surface area contributed by atoms with Gasteiger partial charge in [0.05, 0.1) is 12.2 Å². The molecule has 2 aliphatic rings. The van der Waals surface area contributed by atoms with Crippen molar-refractivity contribution in [2.24, 2.45) is 17.3 Å². The molecule has 2 rings (SSSR count). The minimum Gasteiger partial charge on any atom is -0.374 e. The number of thioether (sulfide) groups is 1. The number of amides is 1. The second kappa shape index (κ2) is 12.2. The highest BCUT2D eigenvalue weighted by Crippen LogP contribution is 2.47. The molecule has 2 N–H and O–H groups in total. The molecule has 2 heterocycles. The van der Waals surface area contributed by atoms with Crippen LogP contribution in [0.5, 0.6) is 0 Å². The van der Waals surface area contributed by atoms with Gasteiger partial charge in [0.25, 0.3) is 0 Å². The predicted molar refractivity (Wildman–Crippen MR) is 118 cm³/mol. The number of nitrogens with one attached hydrogen (secondary N) is 1. The number of hydrogen-bond donors (Lipinski definition) is 2. The molecule has 0 aromatic heterocycles. The summed E-state index contributed by atoms with van der Waals surface area (Å²) in [5, 5.41) is 8.82. The van der Waals surface area contributed by atoms with Crippen molar-refractivity contribution in [1.82, 2.24) is 5.48 Å². The van der Waals surface area contributed by atoms with Crippen molar-refractivity contribution in [3.63, 3.8) is 0 Å². The van der Waals surface area contributed by atoms with E-state index in [0.29, 0.717) is 18.1 Å². The molecule has 2 bridgehead atoms. The molecule has 28 heavy (non-hydrogen) atoms. The molecule has 2 fully saturated rings. The molecule has 4 nitrogen and oxygen atoms in total. The normalized spacial score (nSPS) is 27.0. The molecule has 5 heteroatoms. The number of ether oxygens (including phenoxy) is 1. The molecule has 0 spiro atoms. The van der Waals surface area contributed by atoms with Crippen LogP contribution in [0.25, 0.3) is 0 Å². The van der Waals surface area contributed by atoms with E-state index in [-0.39, 0.29) is 5.91 Å². The fraction of sp³-hybridized carbons (Fsp3) is 0.870. The summed E-state index contributed by atoms with van der Waals surface area (Å²) in [4.78, 5) is 11.6. The fourth-order valence-electron chi connectivity index (χ4n) is 4.63. The summed E-state index contributed by atoms with van der Waals surface area (Å²) in [7, 11) is 0. The highest BCUT2D eigenvalue weighted by atomic mass is 32.2. The molecule has 2 saturated heterocycles. The van der Waals surface area contributed by atoms with Gasteiger partial charge in [-0.2, -0.15) is 11.8 Å². The van der Waals surface area contributed by atoms with E-state index >= 15 is 0 Å². The Morgan fingerprint density at radius 1 is 1.14 bits per heavy atom. The minimum absolute atomic E-state index is 0.310. The summed E-state index contributed by atoms with van der Waals surface area (Å²) in [5.74, 6) is 3.67. The molecular weight excluding hydrogens is 370 g/mol. The van der Waals surface area contributed by atoms with E-state index in [2.05, 4.69) is 30.8 Å². The highest BCUT2D eigenvalue weighted by molar-refractivity contribution is 7.99. The Bertz CT molecular complexity index is 494. The maximum Gasteiger partial charge on any atom is 0.248 e. The summed E-state index contributed by atoms with van der Waals surface area (Å²) in [6.07, 6.45) is 17.4. The Labute approximate surface area is 176 Å². The van der Waals surface area contributed by atoms with Gasteiger partial charge < -0.3 is 4.74 Å². The van der Waals surface area contributed by atoms with Crippen LogP contribution in [0.1, 0.15) is 85.0 Å². The minimum atomic E-state index is -0.536. The van der Waals surface area contributed by atoms with Gasteiger partial charge in [0, 0.05) is 5.41 Å². The molecule has 0 saturated carbocycles. The second-order valence-electron chi connectivity index (χ2n) is 9.15. The Morgan fingerprint density at radius 3 is 2.61 bits per heavy atom. The van der Waals surface area contributed by atoms with Crippen LogP contribution in [0.2, 0.25) is 0 Å². The second-order valence-corrected chi connectivity index (χ2v) is 10.4. The molecule has 2 aliphatic heterocycles. The first kappa shape index (κ1) is 23.8. The standard InChI is InChI=1S/C23H41NO3S/c1-4-5-6-10-16-28-17-14-19-18(20-12-13-21(19)27-20)11-8-7-9-15-23(2,3)22(25)24-26/h7-8,18-21,26H,4-6,9-17H2,1-3H3,(H,24,25)/t18-,19+,20-,21+/m0/s1. The summed E-state index contributed by atoms with van der Waals surface area (Å²) < 4.78 is 6.24. The number of carbonyl (C=O) groups excluding carboxylic acids is 1. The van der Waals surface area contributed by atoms with E-state index in [1.54, 1.807) is 5.48 Å². The van der Waals surface area contributed by atoms with Crippen LogP contribution in [-0.2, 0) is 9.53 Å². The predicted octanol–water partition coefficient (Wildman–Crippen LogP) is 5.74. The van der Waals surface area contributed by atoms with Crippen molar-refractivity contribution in [1.29, 1.82) is 0 Å². The molecule has 4 atom stereocenters. The van der Waals surface area contributed by atoms with Crippen molar-refractivity contribution in [3.8, 4) is 0 Å². The lowest BCUT2D eigenvalue weighted by molar-refractivity contribution is -0.138. The van der Waals surface area contributed by atoms with Gasteiger partial charge in [-0.25, -0.2) is 5.48 Å². The smallest absolute Gasteiger partial charge is 0.248 e. The largest absolute Gasteiger partial charge is 0.374 e. The van der Waals surface area contributed by atoms with Gasteiger partial charge in [0.1, 0.15) is 0 Å². The van der Waals surface area contributed by atoms with Crippen LogP contribution < -0.4 is 5.48 Å².